The summed E-state index contributed by atoms with van der Waals surface area (Å²) in [6, 6.07) is 0. The topological polar surface area (TPSA) is 25.8 Å². The van der Waals surface area contributed by atoms with Crippen LogP contribution in [-0.4, -0.2) is 10.2 Å². The Bertz CT molecular complexity index is 251. The molecule has 0 fully saturated rings. The second-order valence-corrected chi connectivity index (χ2v) is 4.58. The lowest BCUT2D eigenvalue weighted by Gasteiger charge is -2.22. The van der Waals surface area contributed by atoms with E-state index in [1.54, 1.807) is 11.3 Å². The van der Waals surface area contributed by atoms with Crippen molar-refractivity contribution in [2.75, 3.05) is 0 Å². The molecule has 1 heterocycles. The van der Waals surface area contributed by atoms with Gasteiger partial charge in [0.2, 0.25) is 0 Å². The van der Waals surface area contributed by atoms with Crippen molar-refractivity contribution >= 4 is 11.3 Å². The molecule has 1 rings (SSSR count). The summed E-state index contributed by atoms with van der Waals surface area (Å²) in [4.78, 5) is 0. The van der Waals surface area contributed by atoms with E-state index in [4.69, 9.17) is 0 Å². The molecule has 1 aromatic rings. The summed E-state index contributed by atoms with van der Waals surface area (Å²) >= 11 is 1.72. The van der Waals surface area contributed by atoms with Crippen LogP contribution in [0, 0.1) is 6.92 Å². The van der Waals surface area contributed by atoms with Crippen LogP contribution < -0.4 is 0 Å². The molecular formula is C9H16N2S. The molecule has 0 aliphatic carbocycles. The fraction of sp³-hybridized carbons (Fsp3) is 0.778. The standard InChI is InChI=1S/C9H16N2S/c1-5-9(4,6-2)8-11-10-7(3)12-8/h5-6H2,1-4H3. The van der Waals surface area contributed by atoms with Crippen molar-refractivity contribution in [1.82, 2.24) is 10.2 Å². The van der Waals surface area contributed by atoms with Crippen LogP contribution in [-0.2, 0) is 5.41 Å². The van der Waals surface area contributed by atoms with E-state index >= 15 is 0 Å². The summed E-state index contributed by atoms with van der Waals surface area (Å²) in [6.45, 7) is 8.68. The van der Waals surface area contributed by atoms with Gasteiger partial charge in [0.25, 0.3) is 0 Å². The predicted octanol–water partition coefficient (Wildman–Crippen LogP) is 2.92. The van der Waals surface area contributed by atoms with Gasteiger partial charge in [-0.3, -0.25) is 0 Å². The zero-order chi connectivity index (χ0) is 9.19. The molecule has 0 aliphatic heterocycles. The maximum absolute atomic E-state index is 4.20. The average molecular weight is 184 g/mol. The number of aryl methyl sites for hydroxylation is 1. The zero-order valence-electron chi connectivity index (χ0n) is 8.22. The van der Waals surface area contributed by atoms with Crippen LogP contribution in [0.15, 0.2) is 0 Å². The molecule has 0 unspecified atom stereocenters. The van der Waals surface area contributed by atoms with Gasteiger partial charge in [-0.15, -0.1) is 21.5 Å². The van der Waals surface area contributed by atoms with Crippen LogP contribution in [0.5, 0.6) is 0 Å². The van der Waals surface area contributed by atoms with Crippen LogP contribution in [0.25, 0.3) is 0 Å². The van der Waals surface area contributed by atoms with Crippen molar-refractivity contribution in [3.8, 4) is 0 Å². The van der Waals surface area contributed by atoms with Crippen molar-refractivity contribution < 1.29 is 0 Å². The van der Waals surface area contributed by atoms with E-state index in [1.165, 1.54) is 5.01 Å². The highest BCUT2D eigenvalue weighted by Gasteiger charge is 2.26. The molecule has 0 bridgehead atoms. The van der Waals surface area contributed by atoms with Gasteiger partial charge in [0.05, 0.1) is 0 Å². The Morgan fingerprint density at radius 2 is 1.83 bits per heavy atom. The number of rotatable bonds is 3. The van der Waals surface area contributed by atoms with E-state index in [-0.39, 0.29) is 5.41 Å². The van der Waals surface area contributed by atoms with Crippen molar-refractivity contribution in [2.24, 2.45) is 0 Å². The lowest BCUT2D eigenvalue weighted by atomic mass is 9.86. The molecule has 0 N–H and O–H groups in total. The molecule has 12 heavy (non-hydrogen) atoms. The Balaban J connectivity index is 2.94. The van der Waals surface area contributed by atoms with Gasteiger partial charge in [-0.1, -0.05) is 20.8 Å². The second-order valence-electron chi connectivity index (χ2n) is 3.39. The largest absolute Gasteiger partial charge is 0.144 e. The molecule has 0 saturated carbocycles. The maximum Gasteiger partial charge on any atom is 0.123 e. The van der Waals surface area contributed by atoms with Gasteiger partial charge in [-0.2, -0.15) is 0 Å². The minimum Gasteiger partial charge on any atom is -0.144 e. The summed E-state index contributed by atoms with van der Waals surface area (Å²) in [5, 5.41) is 10.5. The molecule has 0 aromatic carbocycles. The molecule has 0 radical (unpaired) electrons. The Labute approximate surface area is 78.0 Å². The summed E-state index contributed by atoms with van der Waals surface area (Å²) < 4.78 is 0. The third-order valence-electron chi connectivity index (χ3n) is 2.60. The molecule has 1 aromatic heterocycles. The van der Waals surface area contributed by atoms with Gasteiger partial charge in [-0.05, 0) is 19.8 Å². The predicted molar refractivity (Wildman–Crippen MR) is 52.6 cm³/mol. The molecule has 0 spiro atoms. The quantitative estimate of drug-likeness (QED) is 0.722. The summed E-state index contributed by atoms with van der Waals surface area (Å²) in [5.74, 6) is 0. The SMILES string of the molecule is CCC(C)(CC)c1nnc(C)s1. The first-order valence-corrected chi connectivity index (χ1v) is 5.24. The molecule has 3 heteroatoms. The molecule has 0 aliphatic rings. The number of hydrogen-bond acceptors (Lipinski definition) is 3. The van der Waals surface area contributed by atoms with Gasteiger partial charge in [-0.25, -0.2) is 0 Å². The summed E-state index contributed by atoms with van der Waals surface area (Å²) in [6.07, 6.45) is 2.27. The highest BCUT2D eigenvalue weighted by molar-refractivity contribution is 7.11. The van der Waals surface area contributed by atoms with Gasteiger partial charge in [0.15, 0.2) is 0 Å². The fourth-order valence-electron chi connectivity index (χ4n) is 1.09. The fourth-order valence-corrected chi connectivity index (χ4v) is 2.07. The maximum atomic E-state index is 4.20. The summed E-state index contributed by atoms with van der Waals surface area (Å²) in [5.41, 5.74) is 0.242. The minimum absolute atomic E-state index is 0.242. The first-order valence-electron chi connectivity index (χ1n) is 4.43. The summed E-state index contributed by atoms with van der Waals surface area (Å²) in [7, 11) is 0. The third-order valence-corrected chi connectivity index (χ3v) is 3.75. The number of hydrogen-bond donors (Lipinski definition) is 0. The Morgan fingerprint density at radius 3 is 2.17 bits per heavy atom. The highest BCUT2D eigenvalue weighted by atomic mass is 32.1. The van der Waals surface area contributed by atoms with E-state index in [9.17, 15) is 0 Å². The van der Waals surface area contributed by atoms with Crippen LogP contribution in [0.2, 0.25) is 0 Å². The monoisotopic (exact) mass is 184 g/mol. The van der Waals surface area contributed by atoms with E-state index < -0.39 is 0 Å². The molecule has 2 nitrogen and oxygen atoms in total. The van der Waals surface area contributed by atoms with E-state index in [1.807, 2.05) is 6.92 Å². The van der Waals surface area contributed by atoms with Gasteiger partial charge in [0.1, 0.15) is 10.0 Å². The smallest absolute Gasteiger partial charge is 0.123 e. The average Bonchev–Trinajstić information content (AvgIpc) is 2.51. The molecule has 68 valence electrons. The number of aromatic nitrogens is 2. The number of nitrogens with zero attached hydrogens (tertiary/aromatic N) is 2. The Kier molecular flexibility index (Phi) is 2.83. The normalized spacial score (nSPS) is 12.0. The first kappa shape index (κ1) is 9.65. The third kappa shape index (κ3) is 1.66. The van der Waals surface area contributed by atoms with Crippen molar-refractivity contribution in [2.45, 2.75) is 46.0 Å². The van der Waals surface area contributed by atoms with Crippen molar-refractivity contribution in [3.05, 3.63) is 10.0 Å². The molecule has 0 saturated heterocycles. The van der Waals surface area contributed by atoms with Crippen LogP contribution in [0.4, 0.5) is 0 Å². The lowest BCUT2D eigenvalue weighted by Crippen LogP contribution is -2.19. The van der Waals surface area contributed by atoms with Crippen LogP contribution >= 0.6 is 11.3 Å². The van der Waals surface area contributed by atoms with Gasteiger partial charge in [0, 0.05) is 5.41 Å². The van der Waals surface area contributed by atoms with Crippen molar-refractivity contribution in [3.63, 3.8) is 0 Å². The first-order chi connectivity index (χ1) is 5.62. The van der Waals surface area contributed by atoms with E-state index in [0.29, 0.717) is 0 Å². The van der Waals surface area contributed by atoms with Gasteiger partial charge >= 0.3 is 0 Å². The molecule has 0 atom stereocenters. The van der Waals surface area contributed by atoms with Crippen LogP contribution in [0.1, 0.15) is 43.6 Å². The van der Waals surface area contributed by atoms with E-state index in [0.717, 1.165) is 17.8 Å². The highest BCUT2D eigenvalue weighted by Crippen LogP contribution is 2.32. The Morgan fingerprint density at radius 1 is 1.25 bits per heavy atom. The molecular weight excluding hydrogens is 168 g/mol. The lowest BCUT2D eigenvalue weighted by molar-refractivity contribution is 0.433. The van der Waals surface area contributed by atoms with Crippen LogP contribution in [0.3, 0.4) is 0 Å². The zero-order valence-corrected chi connectivity index (χ0v) is 9.03. The molecule has 0 amide bonds. The van der Waals surface area contributed by atoms with Crippen molar-refractivity contribution in [1.29, 1.82) is 0 Å². The second kappa shape index (κ2) is 3.52. The van der Waals surface area contributed by atoms with Gasteiger partial charge < -0.3 is 0 Å². The minimum atomic E-state index is 0.242. The Hall–Kier alpha value is -0.440. The van der Waals surface area contributed by atoms with E-state index in [2.05, 4.69) is 31.0 Å².